The van der Waals surface area contributed by atoms with Crippen molar-refractivity contribution in [2.24, 2.45) is 11.2 Å². The van der Waals surface area contributed by atoms with E-state index in [-0.39, 0.29) is 17.9 Å². The second kappa shape index (κ2) is 2.29. The molecule has 0 aromatic rings. The minimum absolute atomic E-state index is 0.0651. The Bertz CT molecular complexity index is 205. The van der Waals surface area contributed by atoms with E-state index in [1.165, 1.54) is 0 Å². The van der Waals surface area contributed by atoms with Crippen LogP contribution in [0.4, 0.5) is 0 Å². The molecule has 1 heterocycles. The molecule has 4 nitrogen and oxygen atoms in total. The number of amides is 1. The monoisotopic (exact) mass is 154 g/mol. The minimum atomic E-state index is -0.0651. The third-order valence-corrected chi connectivity index (χ3v) is 2.67. The summed E-state index contributed by atoms with van der Waals surface area (Å²) in [5.41, 5.74) is 0. The Morgan fingerprint density at radius 3 is 2.82 bits per heavy atom. The Hall–Kier alpha value is -0.930. The lowest BCUT2D eigenvalue weighted by molar-refractivity contribution is -0.159. The summed E-state index contributed by atoms with van der Waals surface area (Å²) in [7, 11) is 0. The molecule has 0 aromatic carbocycles. The summed E-state index contributed by atoms with van der Waals surface area (Å²) in [6.07, 6.45) is 4.16. The maximum absolute atomic E-state index is 11.1. The summed E-state index contributed by atoms with van der Waals surface area (Å²) in [5, 5.41) is 3.79. The zero-order valence-corrected chi connectivity index (χ0v) is 6.19. The average molecular weight is 154 g/mol. The molecular formula is C7H10N2O2. The molecule has 0 aromatic heterocycles. The number of carbonyl (C=O) groups is 1. The summed E-state index contributed by atoms with van der Waals surface area (Å²) in [5.74, 6) is 0.0613. The predicted octanol–water partition coefficient (Wildman–Crippen LogP) is 1.07. The summed E-state index contributed by atoms with van der Waals surface area (Å²) in [6, 6.07) is 0.147. The molecule has 2 atom stereocenters. The molecule has 11 heavy (non-hydrogen) atoms. The molecule has 1 amide bonds. The van der Waals surface area contributed by atoms with Crippen molar-refractivity contribution in [3.05, 3.63) is 4.91 Å². The van der Waals surface area contributed by atoms with Gasteiger partial charge in [-0.05, 0) is 12.8 Å². The quantitative estimate of drug-likeness (QED) is 0.419. The zero-order chi connectivity index (χ0) is 7.84. The molecule has 0 radical (unpaired) electrons. The summed E-state index contributed by atoms with van der Waals surface area (Å²) >= 11 is 0. The van der Waals surface area contributed by atoms with Crippen LogP contribution in [-0.2, 0) is 4.79 Å². The van der Waals surface area contributed by atoms with Crippen molar-refractivity contribution in [3.63, 3.8) is 0 Å². The van der Waals surface area contributed by atoms with E-state index in [0.29, 0.717) is 0 Å². The van der Waals surface area contributed by atoms with Crippen LogP contribution in [0.3, 0.4) is 0 Å². The Balaban J connectivity index is 2.08. The molecule has 2 unspecified atom stereocenters. The van der Waals surface area contributed by atoms with Gasteiger partial charge in [-0.15, -0.1) is 4.91 Å². The first kappa shape index (κ1) is 6.76. The molecule has 2 rings (SSSR count). The summed E-state index contributed by atoms with van der Waals surface area (Å²) in [4.78, 5) is 21.2. The molecule has 4 heteroatoms. The van der Waals surface area contributed by atoms with Crippen LogP contribution in [0.15, 0.2) is 5.29 Å². The van der Waals surface area contributed by atoms with Crippen molar-refractivity contribution in [3.8, 4) is 0 Å². The SMILES string of the molecule is O=NN1C(=O)C2CCCCC21. The number of nitrogens with zero attached hydrogens (tertiary/aromatic N) is 2. The molecular weight excluding hydrogens is 144 g/mol. The van der Waals surface area contributed by atoms with Gasteiger partial charge in [-0.25, -0.2) is 0 Å². The van der Waals surface area contributed by atoms with Crippen molar-refractivity contribution < 1.29 is 4.79 Å². The molecule has 2 fully saturated rings. The highest BCUT2D eigenvalue weighted by Crippen LogP contribution is 2.38. The third-order valence-electron chi connectivity index (χ3n) is 2.67. The number of fused-ring (bicyclic) bond motifs is 1. The Morgan fingerprint density at radius 1 is 1.36 bits per heavy atom. The molecule has 0 bridgehead atoms. The topological polar surface area (TPSA) is 49.7 Å². The standard InChI is InChI=1S/C7H10N2O2/c10-7-5-3-1-2-4-6(5)9(7)8-11/h5-6H,1-4H2. The third kappa shape index (κ3) is 0.783. The first-order valence-corrected chi connectivity index (χ1v) is 4.01. The maximum Gasteiger partial charge on any atom is 0.250 e. The van der Waals surface area contributed by atoms with Crippen LogP contribution < -0.4 is 0 Å². The fourth-order valence-electron chi connectivity index (χ4n) is 2.04. The molecule has 1 aliphatic heterocycles. The van der Waals surface area contributed by atoms with E-state index < -0.39 is 0 Å². The van der Waals surface area contributed by atoms with Crippen molar-refractivity contribution in [2.45, 2.75) is 31.7 Å². The van der Waals surface area contributed by atoms with Crippen LogP contribution >= 0.6 is 0 Å². The van der Waals surface area contributed by atoms with Gasteiger partial charge < -0.3 is 0 Å². The number of nitroso groups, excluding NO2 is 1. The molecule has 1 aliphatic carbocycles. The molecule has 0 N–H and O–H groups in total. The first-order chi connectivity index (χ1) is 5.34. The minimum Gasteiger partial charge on any atom is -0.272 e. The number of hydrogen-bond donors (Lipinski definition) is 0. The Kier molecular flexibility index (Phi) is 1.41. The lowest BCUT2D eigenvalue weighted by Gasteiger charge is -2.44. The second-order valence-electron chi connectivity index (χ2n) is 3.22. The van der Waals surface area contributed by atoms with E-state index in [4.69, 9.17) is 0 Å². The highest BCUT2D eigenvalue weighted by atomic mass is 16.3. The number of rotatable bonds is 1. The number of carbonyl (C=O) groups excluding carboxylic acids is 1. The van der Waals surface area contributed by atoms with Crippen molar-refractivity contribution in [2.75, 3.05) is 0 Å². The van der Waals surface area contributed by atoms with Crippen molar-refractivity contribution in [1.29, 1.82) is 0 Å². The molecule has 2 aliphatic rings. The van der Waals surface area contributed by atoms with E-state index in [9.17, 15) is 9.70 Å². The maximum atomic E-state index is 11.1. The molecule has 60 valence electrons. The zero-order valence-electron chi connectivity index (χ0n) is 6.19. The van der Waals surface area contributed by atoms with Gasteiger partial charge in [0.25, 0.3) is 5.91 Å². The normalized spacial score (nSPS) is 36.0. The van der Waals surface area contributed by atoms with E-state index in [0.717, 1.165) is 30.7 Å². The predicted molar refractivity (Wildman–Crippen MR) is 38.4 cm³/mol. The second-order valence-corrected chi connectivity index (χ2v) is 3.22. The van der Waals surface area contributed by atoms with Gasteiger partial charge in [0.1, 0.15) is 0 Å². The fourth-order valence-corrected chi connectivity index (χ4v) is 2.04. The van der Waals surface area contributed by atoms with Crippen LogP contribution in [0, 0.1) is 10.8 Å². The number of β-lactam (4-membered cyclic amide) rings is 1. The Labute approximate surface area is 64.5 Å². The fraction of sp³-hybridized carbons (Fsp3) is 0.857. The summed E-state index contributed by atoms with van der Waals surface area (Å²) in [6.45, 7) is 0. The highest BCUT2D eigenvalue weighted by molar-refractivity contribution is 5.85. The van der Waals surface area contributed by atoms with Gasteiger partial charge in [0.2, 0.25) is 0 Å². The first-order valence-electron chi connectivity index (χ1n) is 4.01. The molecule has 1 saturated heterocycles. The van der Waals surface area contributed by atoms with Gasteiger partial charge in [0, 0.05) is 0 Å². The van der Waals surface area contributed by atoms with E-state index >= 15 is 0 Å². The van der Waals surface area contributed by atoms with Gasteiger partial charge in [-0.2, -0.15) is 5.01 Å². The average Bonchev–Trinajstić information content (AvgIpc) is 2.05. The highest BCUT2D eigenvalue weighted by Gasteiger charge is 2.49. The van der Waals surface area contributed by atoms with E-state index in [1.54, 1.807) is 0 Å². The van der Waals surface area contributed by atoms with Crippen LogP contribution in [0.1, 0.15) is 25.7 Å². The number of hydrogen-bond acceptors (Lipinski definition) is 3. The van der Waals surface area contributed by atoms with Crippen LogP contribution in [0.25, 0.3) is 0 Å². The van der Waals surface area contributed by atoms with Crippen molar-refractivity contribution in [1.82, 2.24) is 5.01 Å². The lowest BCUT2D eigenvalue weighted by atomic mass is 9.77. The van der Waals surface area contributed by atoms with Crippen LogP contribution in [-0.4, -0.2) is 17.0 Å². The van der Waals surface area contributed by atoms with Crippen LogP contribution in [0.2, 0.25) is 0 Å². The van der Waals surface area contributed by atoms with Gasteiger partial charge in [0.05, 0.1) is 17.2 Å². The summed E-state index contributed by atoms with van der Waals surface area (Å²) < 4.78 is 0. The lowest BCUT2D eigenvalue weighted by Crippen LogP contribution is -2.59. The van der Waals surface area contributed by atoms with Crippen LogP contribution in [0.5, 0.6) is 0 Å². The van der Waals surface area contributed by atoms with Gasteiger partial charge in [-0.3, -0.25) is 4.79 Å². The largest absolute Gasteiger partial charge is 0.272 e. The van der Waals surface area contributed by atoms with Gasteiger partial charge in [-0.1, -0.05) is 12.8 Å². The van der Waals surface area contributed by atoms with Gasteiger partial charge in [0.15, 0.2) is 0 Å². The van der Waals surface area contributed by atoms with Gasteiger partial charge >= 0.3 is 0 Å². The molecule has 0 spiro atoms. The van der Waals surface area contributed by atoms with Crippen molar-refractivity contribution >= 4 is 5.91 Å². The smallest absolute Gasteiger partial charge is 0.250 e. The van der Waals surface area contributed by atoms with E-state index in [2.05, 4.69) is 5.29 Å². The van der Waals surface area contributed by atoms with E-state index in [1.807, 2.05) is 0 Å². The molecule has 1 saturated carbocycles. The Morgan fingerprint density at radius 2 is 2.09 bits per heavy atom.